The van der Waals surface area contributed by atoms with Crippen LogP contribution in [-0.4, -0.2) is 53.6 Å². The molecule has 30 heavy (non-hydrogen) atoms. The summed E-state index contributed by atoms with van der Waals surface area (Å²) in [6.45, 7) is 5.17. The average Bonchev–Trinajstić information content (AvgIpc) is 2.67. The number of morpholine rings is 1. The maximum absolute atomic E-state index is 12.9. The normalized spacial score (nSPS) is 17.1. The number of halogens is 3. The van der Waals surface area contributed by atoms with Gasteiger partial charge in [-0.2, -0.15) is 13.2 Å². The van der Waals surface area contributed by atoms with Crippen molar-refractivity contribution in [2.75, 3.05) is 31.1 Å². The van der Waals surface area contributed by atoms with Crippen molar-refractivity contribution in [3.8, 4) is 17.0 Å². The van der Waals surface area contributed by atoms with Gasteiger partial charge in [-0.25, -0.2) is 0 Å². The summed E-state index contributed by atoms with van der Waals surface area (Å²) in [4.78, 5) is 13.0. The predicted octanol–water partition coefficient (Wildman–Crippen LogP) is 2.91. The number of phenols is 1. The van der Waals surface area contributed by atoms with Crippen LogP contribution in [0.25, 0.3) is 11.3 Å². The number of anilines is 1. The Morgan fingerprint density at radius 2 is 2.10 bits per heavy atom. The van der Waals surface area contributed by atoms with E-state index in [0.717, 1.165) is 6.07 Å². The molecule has 1 aliphatic rings. The fourth-order valence-corrected chi connectivity index (χ4v) is 3.40. The number of hydrogen-bond acceptors (Lipinski definition) is 6. The number of nitrogens with one attached hydrogen (secondary N) is 1. The van der Waals surface area contributed by atoms with Gasteiger partial charge in [0.1, 0.15) is 5.75 Å². The van der Waals surface area contributed by atoms with E-state index in [0.29, 0.717) is 44.5 Å². The second-order valence-corrected chi connectivity index (χ2v) is 7.17. The Morgan fingerprint density at radius 3 is 2.70 bits per heavy atom. The number of hydrogen-bond donors (Lipinski definition) is 2. The van der Waals surface area contributed by atoms with Crippen molar-refractivity contribution in [2.24, 2.45) is 0 Å². The van der Waals surface area contributed by atoms with Gasteiger partial charge < -0.3 is 20.1 Å². The van der Waals surface area contributed by atoms with Crippen LogP contribution >= 0.6 is 0 Å². The van der Waals surface area contributed by atoms with E-state index in [9.17, 15) is 23.1 Å². The molecule has 1 atom stereocenters. The zero-order chi connectivity index (χ0) is 21.9. The van der Waals surface area contributed by atoms with Gasteiger partial charge in [0.05, 0.1) is 24.0 Å². The van der Waals surface area contributed by atoms with Gasteiger partial charge in [0.2, 0.25) is 5.91 Å². The monoisotopic (exact) mass is 424 g/mol. The largest absolute Gasteiger partial charge is 0.507 e. The number of aromatic nitrogens is 2. The van der Waals surface area contributed by atoms with Crippen molar-refractivity contribution < 1.29 is 27.8 Å². The Bertz CT molecular complexity index is 880. The number of benzene rings is 1. The number of amides is 1. The first-order valence-corrected chi connectivity index (χ1v) is 9.51. The van der Waals surface area contributed by atoms with Crippen LogP contribution in [0.15, 0.2) is 24.3 Å². The van der Waals surface area contributed by atoms with E-state index in [1.54, 1.807) is 12.1 Å². The minimum absolute atomic E-state index is 0.0618. The molecule has 0 bridgehead atoms. The Balaban J connectivity index is 1.73. The Morgan fingerprint density at radius 1 is 1.33 bits per heavy atom. The molecule has 0 unspecified atom stereocenters. The number of alkyl halides is 3. The van der Waals surface area contributed by atoms with Crippen LogP contribution < -0.4 is 10.2 Å². The molecular weight excluding hydrogens is 401 g/mol. The molecule has 1 saturated heterocycles. The van der Waals surface area contributed by atoms with Crippen LogP contribution in [0, 0.1) is 6.92 Å². The smallest absolute Gasteiger partial charge is 0.416 e. The van der Waals surface area contributed by atoms with Gasteiger partial charge in [0.15, 0.2) is 5.82 Å². The first kappa shape index (κ1) is 21.8. The number of carbonyl (C=O) groups excluding carboxylic acids is 1. The van der Waals surface area contributed by atoms with E-state index in [-0.39, 0.29) is 28.8 Å². The number of carbonyl (C=O) groups is 1. The first-order valence-electron chi connectivity index (χ1n) is 9.51. The zero-order valence-corrected chi connectivity index (χ0v) is 16.7. The molecule has 1 aliphatic heterocycles. The van der Waals surface area contributed by atoms with Crippen molar-refractivity contribution in [1.82, 2.24) is 15.5 Å². The lowest BCUT2D eigenvalue weighted by Crippen LogP contribution is -2.44. The van der Waals surface area contributed by atoms with Crippen LogP contribution in [0.5, 0.6) is 5.75 Å². The SMILES string of the molecule is CC(=O)NCC[C@@H]1CN(c2ccc(-c3c(C)cc(C(F)(F)F)cc3O)nn2)CCO1. The third-order valence-corrected chi connectivity index (χ3v) is 4.85. The number of aromatic hydroxyl groups is 1. The molecule has 0 radical (unpaired) electrons. The van der Waals surface area contributed by atoms with Crippen molar-refractivity contribution in [1.29, 1.82) is 0 Å². The van der Waals surface area contributed by atoms with Gasteiger partial charge in [-0.05, 0) is 43.2 Å². The summed E-state index contributed by atoms with van der Waals surface area (Å²) in [5, 5.41) is 21.2. The maximum Gasteiger partial charge on any atom is 0.416 e. The van der Waals surface area contributed by atoms with Crippen molar-refractivity contribution in [3.05, 3.63) is 35.4 Å². The molecule has 0 spiro atoms. The summed E-state index contributed by atoms with van der Waals surface area (Å²) >= 11 is 0. The molecule has 10 heteroatoms. The second kappa shape index (κ2) is 8.86. The second-order valence-electron chi connectivity index (χ2n) is 7.17. The highest BCUT2D eigenvalue weighted by Crippen LogP contribution is 2.38. The Hall–Kier alpha value is -2.88. The van der Waals surface area contributed by atoms with E-state index in [1.807, 2.05) is 4.90 Å². The Kier molecular flexibility index (Phi) is 6.45. The zero-order valence-electron chi connectivity index (χ0n) is 16.7. The molecule has 1 fully saturated rings. The lowest BCUT2D eigenvalue weighted by Gasteiger charge is -2.33. The third-order valence-electron chi connectivity index (χ3n) is 4.85. The Labute approximate surface area is 171 Å². The summed E-state index contributed by atoms with van der Waals surface area (Å²) in [6, 6.07) is 5.01. The maximum atomic E-state index is 12.9. The quantitative estimate of drug-likeness (QED) is 0.768. The molecule has 1 aromatic carbocycles. The summed E-state index contributed by atoms with van der Waals surface area (Å²) < 4.78 is 44.5. The summed E-state index contributed by atoms with van der Waals surface area (Å²) in [6.07, 6.45) is -3.93. The molecule has 2 heterocycles. The fourth-order valence-electron chi connectivity index (χ4n) is 3.40. The average molecular weight is 424 g/mol. The molecule has 2 aromatic rings. The van der Waals surface area contributed by atoms with Gasteiger partial charge in [-0.1, -0.05) is 0 Å². The van der Waals surface area contributed by atoms with Crippen LogP contribution in [0.4, 0.5) is 19.0 Å². The lowest BCUT2D eigenvalue weighted by molar-refractivity contribution is -0.137. The molecular formula is C20H23F3N4O3. The first-order chi connectivity index (χ1) is 14.1. The van der Waals surface area contributed by atoms with Crippen LogP contribution in [0.1, 0.15) is 24.5 Å². The van der Waals surface area contributed by atoms with Gasteiger partial charge in [-0.3, -0.25) is 4.79 Å². The van der Waals surface area contributed by atoms with Crippen LogP contribution in [0.3, 0.4) is 0 Å². The third kappa shape index (κ3) is 5.18. The van der Waals surface area contributed by atoms with Gasteiger partial charge in [-0.15, -0.1) is 10.2 Å². The highest BCUT2D eigenvalue weighted by atomic mass is 19.4. The molecule has 162 valence electrons. The molecule has 2 N–H and O–H groups in total. The van der Waals surface area contributed by atoms with E-state index >= 15 is 0 Å². The lowest BCUT2D eigenvalue weighted by atomic mass is 10.0. The minimum atomic E-state index is -4.54. The van der Waals surface area contributed by atoms with Crippen molar-refractivity contribution in [2.45, 2.75) is 32.5 Å². The van der Waals surface area contributed by atoms with Gasteiger partial charge in [0, 0.05) is 32.1 Å². The summed E-state index contributed by atoms with van der Waals surface area (Å²) in [5.41, 5.74) is -0.145. The number of nitrogens with zero attached hydrogens (tertiary/aromatic N) is 3. The van der Waals surface area contributed by atoms with E-state index in [1.165, 1.54) is 13.8 Å². The van der Waals surface area contributed by atoms with Gasteiger partial charge >= 0.3 is 6.18 Å². The molecule has 1 amide bonds. The molecule has 1 aromatic heterocycles. The standard InChI is InChI=1S/C20H23F3N4O3/c1-12-9-14(20(21,22)23)10-17(29)19(12)16-3-4-18(26-25-16)27-7-8-30-15(11-27)5-6-24-13(2)28/h3-4,9-10,15,29H,5-8,11H2,1-2H3,(H,24,28)/t15-/m1/s1. The molecule has 3 rings (SSSR count). The van der Waals surface area contributed by atoms with Gasteiger partial charge in [0.25, 0.3) is 0 Å². The van der Waals surface area contributed by atoms with Crippen LogP contribution in [-0.2, 0) is 15.7 Å². The van der Waals surface area contributed by atoms with E-state index < -0.39 is 17.5 Å². The molecule has 0 saturated carbocycles. The van der Waals surface area contributed by atoms with Crippen molar-refractivity contribution >= 4 is 11.7 Å². The summed E-state index contributed by atoms with van der Waals surface area (Å²) in [7, 11) is 0. The topological polar surface area (TPSA) is 87.6 Å². The fraction of sp³-hybridized carbons (Fsp3) is 0.450. The number of ether oxygens (including phenoxy) is 1. The number of phenolic OH excluding ortho intramolecular Hbond substituents is 1. The highest BCUT2D eigenvalue weighted by Gasteiger charge is 2.32. The predicted molar refractivity (Wildman–Crippen MR) is 104 cm³/mol. The van der Waals surface area contributed by atoms with E-state index in [4.69, 9.17) is 4.74 Å². The van der Waals surface area contributed by atoms with Crippen molar-refractivity contribution in [3.63, 3.8) is 0 Å². The highest BCUT2D eigenvalue weighted by molar-refractivity contribution is 5.73. The van der Waals surface area contributed by atoms with Crippen LogP contribution in [0.2, 0.25) is 0 Å². The molecule has 0 aliphatic carbocycles. The molecule has 7 nitrogen and oxygen atoms in total. The number of rotatable bonds is 5. The number of aryl methyl sites for hydroxylation is 1. The van der Waals surface area contributed by atoms with E-state index in [2.05, 4.69) is 15.5 Å². The minimum Gasteiger partial charge on any atom is -0.507 e. The summed E-state index contributed by atoms with van der Waals surface area (Å²) in [5.74, 6) is 0.0235.